The largest absolute Gasteiger partial charge is 0.497 e. The van der Waals surface area contributed by atoms with Gasteiger partial charge in [0.1, 0.15) is 5.75 Å². The molecule has 2 atom stereocenters. The number of hydrogen-bond acceptors (Lipinski definition) is 3. The van der Waals surface area contributed by atoms with Crippen LogP contribution in [0.4, 0.5) is 0 Å². The van der Waals surface area contributed by atoms with E-state index >= 15 is 0 Å². The second-order valence-electron chi connectivity index (χ2n) is 10.1. The molecule has 4 saturated carbocycles. The third kappa shape index (κ3) is 3.09. The van der Waals surface area contributed by atoms with Gasteiger partial charge in [-0.05, 0) is 87.3 Å². The number of ether oxygens (including phenoxy) is 1. The molecule has 5 rings (SSSR count). The van der Waals surface area contributed by atoms with Crippen molar-refractivity contribution in [2.24, 2.45) is 22.7 Å². The van der Waals surface area contributed by atoms with Gasteiger partial charge in [-0.2, -0.15) is 0 Å². The van der Waals surface area contributed by atoms with Crippen molar-refractivity contribution in [3.8, 4) is 5.75 Å². The van der Waals surface area contributed by atoms with Crippen LogP contribution in [0.15, 0.2) is 24.3 Å². The first-order chi connectivity index (χ1) is 13.2. The van der Waals surface area contributed by atoms with Gasteiger partial charge in [0, 0.05) is 6.54 Å². The van der Waals surface area contributed by atoms with Gasteiger partial charge in [-0.1, -0.05) is 12.1 Å². The summed E-state index contributed by atoms with van der Waals surface area (Å²) < 4.78 is 5.32. The van der Waals surface area contributed by atoms with Gasteiger partial charge >= 0.3 is 5.97 Å². The van der Waals surface area contributed by atoms with Crippen LogP contribution >= 0.6 is 0 Å². The van der Waals surface area contributed by atoms with E-state index in [4.69, 9.17) is 4.74 Å². The van der Waals surface area contributed by atoms with E-state index in [1.807, 2.05) is 12.1 Å². The lowest BCUT2D eigenvalue weighted by Gasteiger charge is -2.61. The predicted molar refractivity (Wildman–Crippen MR) is 106 cm³/mol. The number of carboxylic acid groups (broad SMARTS) is 1. The second kappa shape index (κ2) is 6.50. The molecule has 4 fully saturated rings. The molecule has 152 valence electrons. The number of carbonyl (C=O) groups excluding carboxylic acids is 1. The molecule has 0 radical (unpaired) electrons. The Balaban J connectivity index is 1.58. The third-order valence-electron chi connectivity index (χ3n) is 7.51. The molecule has 5 heteroatoms. The Morgan fingerprint density at radius 3 is 2.29 bits per heavy atom. The molecular formula is C23H31NO4. The Kier molecular flexibility index (Phi) is 4.48. The molecule has 0 heterocycles. The fraction of sp³-hybridized carbons (Fsp3) is 0.652. The summed E-state index contributed by atoms with van der Waals surface area (Å²) in [6.07, 6.45) is 6.31. The number of carbonyl (C=O) groups is 2. The van der Waals surface area contributed by atoms with Crippen LogP contribution in [0.1, 0.15) is 57.9 Å². The zero-order valence-electron chi connectivity index (χ0n) is 17.1. The smallest absolute Gasteiger partial charge is 0.310 e. The van der Waals surface area contributed by atoms with Crippen molar-refractivity contribution in [3.05, 3.63) is 29.8 Å². The fourth-order valence-electron chi connectivity index (χ4n) is 6.37. The number of benzene rings is 1. The van der Waals surface area contributed by atoms with Gasteiger partial charge in [0.2, 0.25) is 5.91 Å². The lowest BCUT2D eigenvalue weighted by molar-refractivity contribution is -0.151. The summed E-state index contributed by atoms with van der Waals surface area (Å²) in [7, 11) is 1.68. The van der Waals surface area contributed by atoms with Crippen LogP contribution in [0.2, 0.25) is 0 Å². The Bertz CT molecular complexity index is 768. The average molecular weight is 386 g/mol. The maximum absolute atomic E-state index is 13.3. The maximum Gasteiger partial charge on any atom is 0.310 e. The van der Waals surface area contributed by atoms with E-state index in [1.54, 1.807) is 21.0 Å². The topological polar surface area (TPSA) is 75.6 Å². The van der Waals surface area contributed by atoms with E-state index in [-0.39, 0.29) is 23.3 Å². The Morgan fingerprint density at radius 1 is 1.14 bits per heavy atom. The van der Waals surface area contributed by atoms with Crippen molar-refractivity contribution in [1.29, 1.82) is 0 Å². The van der Waals surface area contributed by atoms with E-state index < -0.39 is 11.4 Å². The lowest BCUT2D eigenvalue weighted by Crippen LogP contribution is -2.59. The number of amides is 1. The molecule has 5 nitrogen and oxygen atoms in total. The average Bonchev–Trinajstić information content (AvgIpc) is 2.65. The summed E-state index contributed by atoms with van der Waals surface area (Å²) in [6, 6.07) is 8.39. The van der Waals surface area contributed by atoms with Crippen molar-refractivity contribution in [3.63, 3.8) is 0 Å². The molecule has 2 N–H and O–H groups in total. The Labute approximate surface area is 166 Å². The molecule has 2 unspecified atom stereocenters. The minimum Gasteiger partial charge on any atom is -0.497 e. The third-order valence-corrected chi connectivity index (χ3v) is 7.51. The number of rotatable bonds is 6. The molecule has 1 amide bonds. The standard InChI is InChI=1S/C23H31NO4/c1-21(2,20(26)27)14-24-19(25)23-11-15-8-16(12-23)10-22(9-15,13-23)17-4-6-18(28-3)7-5-17/h4-7,15-16H,8-14H2,1-3H3,(H,24,25)(H,26,27). The van der Waals surface area contributed by atoms with Crippen molar-refractivity contribution >= 4 is 11.9 Å². The molecular weight excluding hydrogens is 354 g/mol. The highest BCUT2D eigenvalue weighted by Gasteiger charge is 2.61. The molecule has 4 aliphatic rings. The molecule has 1 aromatic rings. The van der Waals surface area contributed by atoms with Crippen molar-refractivity contribution in [2.45, 2.75) is 57.8 Å². The lowest BCUT2D eigenvalue weighted by atomic mass is 9.42. The summed E-state index contributed by atoms with van der Waals surface area (Å²) in [5.41, 5.74) is 0.0886. The molecule has 0 spiro atoms. The first-order valence-electron chi connectivity index (χ1n) is 10.3. The fourth-order valence-corrected chi connectivity index (χ4v) is 6.37. The van der Waals surface area contributed by atoms with Gasteiger partial charge in [0.05, 0.1) is 17.9 Å². The Hall–Kier alpha value is -2.04. The highest BCUT2D eigenvalue weighted by atomic mass is 16.5. The minimum atomic E-state index is -0.953. The highest BCUT2D eigenvalue weighted by molar-refractivity contribution is 5.84. The van der Waals surface area contributed by atoms with Crippen LogP contribution < -0.4 is 10.1 Å². The van der Waals surface area contributed by atoms with Gasteiger partial charge in [0.25, 0.3) is 0 Å². The predicted octanol–water partition coefficient (Wildman–Crippen LogP) is 3.76. The minimum absolute atomic E-state index is 0.0637. The second-order valence-corrected chi connectivity index (χ2v) is 10.1. The number of carboxylic acids is 1. The molecule has 0 saturated heterocycles. The number of aliphatic carboxylic acids is 1. The Morgan fingerprint density at radius 2 is 1.75 bits per heavy atom. The van der Waals surface area contributed by atoms with Crippen LogP contribution in [0.5, 0.6) is 5.75 Å². The van der Waals surface area contributed by atoms with E-state index in [2.05, 4.69) is 17.4 Å². The van der Waals surface area contributed by atoms with E-state index in [0.29, 0.717) is 11.8 Å². The van der Waals surface area contributed by atoms with Crippen LogP contribution in [0.3, 0.4) is 0 Å². The van der Waals surface area contributed by atoms with Crippen LogP contribution in [-0.4, -0.2) is 30.6 Å². The number of methoxy groups -OCH3 is 1. The zero-order chi connectivity index (χ0) is 20.2. The summed E-state index contributed by atoms with van der Waals surface area (Å²) in [5.74, 6) is 1.21. The summed E-state index contributed by atoms with van der Waals surface area (Å²) in [4.78, 5) is 24.7. The quantitative estimate of drug-likeness (QED) is 0.782. The molecule has 1 aromatic carbocycles. The monoisotopic (exact) mass is 385 g/mol. The zero-order valence-corrected chi connectivity index (χ0v) is 17.1. The summed E-state index contributed by atoms with van der Waals surface area (Å²) in [5, 5.41) is 12.4. The molecule has 28 heavy (non-hydrogen) atoms. The normalized spacial score (nSPS) is 33.5. The molecule has 0 aliphatic heterocycles. The maximum atomic E-state index is 13.3. The van der Waals surface area contributed by atoms with Crippen LogP contribution in [0.25, 0.3) is 0 Å². The highest BCUT2D eigenvalue weighted by Crippen LogP contribution is 2.65. The van der Waals surface area contributed by atoms with E-state index in [9.17, 15) is 14.7 Å². The first kappa shape index (κ1) is 19.3. The molecule has 4 bridgehead atoms. The SMILES string of the molecule is COc1ccc(C23CC4CC(CC(C(=O)NCC(C)(C)C(=O)O)(C4)C2)C3)cc1. The summed E-state index contributed by atoms with van der Waals surface area (Å²) in [6.45, 7) is 3.50. The van der Waals surface area contributed by atoms with Crippen molar-refractivity contribution in [2.75, 3.05) is 13.7 Å². The number of hydrogen-bond donors (Lipinski definition) is 2. The van der Waals surface area contributed by atoms with Gasteiger partial charge in [-0.15, -0.1) is 0 Å². The van der Waals surface area contributed by atoms with E-state index in [0.717, 1.165) is 37.9 Å². The molecule has 0 aromatic heterocycles. The van der Waals surface area contributed by atoms with Crippen molar-refractivity contribution in [1.82, 2.24) is 5.32 Å². The van der Waals surface area contributed by atoms with Gasteiger partial charge in [-0.25, -0.2) is 0 Å². The first-order valence-corrected chi connectivity index (χ1v) is 10.3. The van der Waals surface area contributed by atoms with Crippen LogP contribution in [-0.2, 0) is 15.0 Å². The molecule has 4 aliphatic carbocycles. The van der Waals surface area contributed by atoms with Gasteiger partial charge in [0.15, 0.2) is 0 Å². The summed E-state index contributed by atoms with van der Waals surface area (Å²) >= 11 is 0. The number of nitrogens with one attached hydrogen (secondary N) is 1. The van der Waals surface area contributed by atoms with Crippen LogP contribution in [0, 0.1) is 22.7 Å². The van der Waals surface area contributed by atoms with Gasteiger partial charge < -0.3 is 15.2 Å². The van der Waals surface area contributed by atoms with E-state index in [1.165, 1.54) is 12.0 Å². The van der Waals surface area contributed by atoms with Crippen molar-refractivity contribution < 1.29 is 19.4 Å². The van der Waals surface area contributed by atoms with Gasteiger partial charge in [-0.3, -0.25) is 9.59 Å².